The van der Waals surface area contributed by atoms with Crippen LogP contribution in [0.3, 0.4) is 0 Å². The first kappa shape index (κ1) is 18.0. The average Bonchev–Trinajstić information content (AvgIpc) is 2.94. The molecule has 0 bridgehead atoms. The summed E-state index contributed by atoms with van der Waals surface area (Å²) in [5.41, 5.74) is 1.25. The van der Waals surface area contributed by atoms with Crippen LogP contribution in [-0.4, -0.2) is 28.2 Å². The summed E-state index contributed by atoms with van der Waals surface area (Å²) in [6, 6.07) is 3.58. The first-order valence-electron chi connectivity index (χ1n) is 7.51. The van der Waals surface area contributed by atoms with E-state index in [0.717, 1.165) is 10.9 Å². The monoisotopic (exact) mass is 398 g/mol. The van der Waals surface area contributed by atoms with Gasteiger partial charge in [-0.25, -0.2) is 13.4 Å². The molecule has 25 heavy (non-hydrogen) atoms. The van der Waals surface area contributed by atoms with Crippen molar-refractivity contribution in [1.82, 2.24) is 14.5 Å². The van der Waals surface area contributed by atoms with Gasteiger partial charge in [0.25, 0.3) is 0 Å². The van der Waals surface area contributed by atoms with E-state index in [9.17, 15) is 8.42 Å². The minimum Gasteiger partial charge on any atom is -0.337 e. The summed E-state index contributed by atoms with van der Waals surface area (Å²) in [6.07, 6.45) is 6.30. The van der Waals surface area contributed by atoms with Gasteiger partial charge in [0.05, 0.1) is 26.5 Å². The molecule has 0 atom stereocenters. The SMILES string of the molecule is CC(C)S(=O)(=O)Cn1ccc2c(Nc3c(Cl)cncc3Cl)nccc21. The third-order valence-corrected chi connectivity index (χ3v) is 6.48. The Bertz CT molecular complexity index is 1010. The second-order valence-corrected chi connectivity index (χ2v) is 9.16. The van der Waals surface area contributed by atoms with Crippen LogP contribution in [0, 0.1) is 0 Å². The Morgan fingerprint density at radius 2 is 1.88 bits per heavy atom. The van der Waals surface area contributed by atoms with E-state index in [1.54, 1.807) is 36.9 Å². The third-order valence-electron chi connectivity index (χ3n) is 3.83. The minimum absolute atomic E-state index is 0.0889. The molecule has 3 aromatic heterocycles. The number of hydrogen-bond donors (Lipinski definition) is 1. The van der Waals surface area contributed by atoms with Crippen LogP contribution in [-0.2, 0) is 15.7 Å². The van der Waals surface area contributed by atoms with Gasteiger partial charge in [-0.15, -0.1) is 0 Å². The normalized spacial score (nSPS) is 12.0. The summed E-state index contributed by atoms with van der Waals surface area (Å²) >= 11 is 12.3. The molecule has 6 nitrogen and oxygen atoms in total. The summed E-state index contributed by atoms with van der Waals surface area (Å²) in [7, 11) is -3.23. The Balaban J connectivity index is 2.02. The Hall–Kier alpha value is -1.83. The van der Waals surface area contributed by atoms with Gasteiger partial charge in [0.15, 0.2) is 9.84 Å². The zero-order chi connectivity index (χ0) is 18.2. The van der Waals surface area contributed by atoms with Gasteiger partial charge in [-0.2, -0.15) is 0 Å². The Kier molecular flexibility index (Phi) is 4.90. The maximum absolute atomic E-state index is 12.2. The Labute approximate surface area is 155 Å². The van der Waals surface area contributed by atoms with Gasteiger partial charge in [-0.05, 0) is 26.0 Å². The maximum Gasteiger partial charge on any atom is 0.170 e. The summed E-state index contributed by atoms with van der Waals surface area (Å²) in [4.78, 5) is 8.23. The van der Waals surface area contributed by atoms with Crippen molar-refractivity contribution in [3.63, 3.8) is 0 Å². The highest BCUT2D eigenvalue weighted by atomic mass is 35.5. The van der Waals surface area contributed by atoms with Gasteiger partial charge in [0, 0.05) is 30.2 Å². The standard InChI is InChI=1S/C16H16Cl2N4O2S/c1-10(2)25(23,24)9-22-6-4-11-14(22)3-5-20-16(11)21-15-12(17)7-19-8-13(15)18/h3-8,10H,9H2,1-2H3,(H,19,20,21). The lowest BCUT2D eigenvalue weighted by molar-refractivity contribution is 0.577. The second kappa shape index (κ2) is 6.82. The van der Waals surface area contributed by atoms with Crippen molar-refractivity contribution < 1.29 is 8.42 Å². The number of sulfone groups is 1. The highest BCUT2D eigenvalue weighted by Crippen LogP contribution is 2.33. The molecule has 0 unspecified atom stereocenters. The summed E-state index contributed by atoms with van der Waals surface area (Å²) in [5, 5.41) is 4.17. The zero-order valence-electron chi connectivity index (χ0n) is 13.6. The molecule has 0 spiro atoms. The minimum atomic E-state index is -3.23. The highest BCUT2D eigenvalue weighted by Gasteiger charge is 2.18. The molecular formula is C16H16Cl2N4O2S. The maximum atomic E-state index is 12.2. The first-order valence-corrected chi connectivity index (χ1v) is 9.98. The predicted molar refractivity (Wildman–Crippen MR) is 101 cm³/mol. The predicted octanol–water partition coefficient (Wildman–Crippen LogP) is 4.26. The van der Waals surface area contributed by atoms with Crippen molar-refractivity contribution >= 4 is 55.4 Å². The molecule has 9 heteroatoms. The Morgan fingerprint density at radius 3 is 2.52 bits per heavy atom. The number of anilines is 2. The number of nitrogens with one attached hydrogen (secondary N) is 1. The molecule has 0 saturated heterocycles. The lowest BCUT2D eigenvalue weighted by Gasteiger charge is -2.12. The molecule has 0 aromatic carbocycles. The molecule has 3 aromatic rings. The number of pyridine rings is 2. The van der Waals surface area contributed by atoms with Gasteiger partial charge < -0.3 is 9.88 Å². The molecule has 0 saturated carbocycles. The zero-order valence-corrected chi connectivity index (χ0v) is 15.9. The van der Waals surface area contributed by atoms with Crippen LogP contribution in [0.2, 0.25) is 10.0 Å². The molecule has 0 aliphatic rings. The van der Waals surface area contributed by atoms with Crippen LogP contribution in [0.25, 0.3) is 10.9 Å². The van der Waals surface area contributed by atoms with Crippen LogP contribution >= 0.6 is 23.2 Å². The number of rotatable bonds is 5. The van der Waals surface area contributed by atoms with Crippen LogP contribution in [0.5, 0.6) is 0 Å². The summed E-state index contributed by atoms with van der Waals surface area (Å²) < 4.78 is 26.1. The summed E-state index contributed by atoms with van der Waals surface area (Å²) in [6.45, 7) is 3.34. The third kappa shape index (κ3) is 3.58. The number of halogens is 2. The molecule has 0 amide bonds. The highest BCUT2D eigenvalue weighted by molar-refractivity contribution is 7.91. The van der Waals surface area contributed by atoms with Crippen molar-refractivity contribution in [2.75, 3.05) is 5.32 Å². The number of hydrogen-bond acceptors (Lipinski definition) is 5. The smallest absolute Gasteiger partial charge is 0.170 e. The van der Waals surface area contributed by atoms with E-state index in [2.05, 4.69) is 15.3 Å². The quantitative estimate of drug-likeness (QED) is 0.694. The van der Waals surface area contributed by atoms with E-state index < -0.39 is 15.1 Å². The lowest BCUT2D eigenvalue weighted by Crippen LogP contribution is -2.19. The van der Waals surface area contributed by atoms with Gasteiger partial charge in [-0.1, -0.05) is 23.2 Å². The van der Waals surface area contributed by atoms with Crippen molar-refractivity contribution in [2.24, 2.45) is 0 Å². The van der Waals surface area contributed by atoms with Gasteiger partial charge >= 0.3 is 0 Å². The van der Waals surface area contributed by atoms with Crippen molar-refractivity contribution in [2.45, 2.75) is 25.0 Å². The van der Waals surface area contributed by atoms with Crippen molar-refractivity contribution in [1.29, 1.82) is 0 Å². The van der Waals surface area contributed by atoms with E-state index >= 15 is 0 Å². The first-order chi connectivity index (χ1) is 11.8. The molecule has 3 heterocycles. The van der Waals surface area contributed by atoms with E-state index in [0.29, 0.717) is 21.6 Å². The van der Waals surface area contributed by atoms with Crippen LogP contribution in [0.15, 0.2) is 36.9 Å². The topological polar surface area (TPSA) is 76.9 Å². The van der Waals surface area contributed by atoms with Gasteiger partial charge in [0.1, 0.15) is 11.7 Å². The number of aromatic nitrogens is 3. The molecule has 132 valence electrons. The fourth-order valence-electron chi connectivity index (χ4n) is 2.33. The number of nitrogens with zero attached hydrogens (tertiary/aromatic N) is 3. The van der Waals surface area contributed by atoms with E-state index in [4.69, 9.17) is 23.2 Å². The summed E-state index contributed by atoms with van der Waals surface area (Å²) in [5.74, 6) is 0.446. The largest absolute Gasteiger partial charge is 0.337 e. The van der Waals surface area contributed by atoms with Crippen LogP contribution < -0.4 is 5.32 Å². The molecule has 0 aliphatic heterocycles. The van der Waals surface area contributed by atoms with E-state index in [1.807, 2.05) is 6.07 Å². The van der Waals surface area contributed by atoms with Crippen LogP contribution in [0.4, 0.5) is 11.5 Å². The molecule has 0 radical (unpaired) electrons. The molecular weight excluding hydrogens is 383 g/mol. The lowest BCUT2D eigenvalue weighted by atomic mass is 10.3. The van der Waals surface area contributed by atoms with Gasteiger partial charge in [-0.3, -0.25) is 4.98 Å². The number of fused-ring (bicyclic) bond motifs is 1. The molecule has 0 fully saturated rings. The molecule has 0 aliphatic carbocycles. The van der Waals surface area contributed by atoms with E-state index in [-0.39, 0.29) is 5.88 Å². The molecule has 1 N–H and O–H groups in total. The van der Waals surface area contributed by atoms with Crippen molar-refractivity contribution in [3.8, 4) is 0 Å². The van der Waals surface area contributed by atoms with Crippen molar-refractivity contribution in [3.05, 3.63) is 47.0 Å². The fourth-order valence-corrected chi connectivity index (χ4v) is 3.70. The van der Waals surface area contributed by atoms with E-state index in [1.165, 1.54) is 12.4 Å². The average molecular weight is 399 g/mol. The second-order valence-electron chi connectivity index (χ2n) is 5.82. The Morgan fingerprint density at radius 1 is 1.20 bits per heavy atom. The fraction of sp³-hybridized carbons (Fsp3) is 0.250. The molecule has 3 rings (SSSR count). The van der Waals surface area contributed by atoms with Gasteiger partial charge in [0.2, 0.25) is 0 Å². The van der Waals surface area contributed by atoms with Crippen LogP contribution in [0.1, 0.15) is 13.8 Å².